The topological polar surface area (TPSA) is 87.6 Å². The van der Waals surface area contributed by atoms with Gasteiger partial charge in [0.15, 0.2) is 5.96 Å². The van der Waals surface area contributed by atoms with E-state index in [4.69, 9.17) is 4.74 Å². The minimum atomic E-state index is -0.106. The maximum Gasteiger partial charge on any atom is 0.221 e. The molecule has 0 aliphatic heterocycles. The average molecular weight is 531 g/mol. The van der Waals surface area contributed by atoms with Gasteiger partial charge in [0.25, 0.3) is 0 Å². The Hall–Kier alpha value is -1.88. The summed E-state index contributed by atoms with van der Waals surface area (Å²) in [5, 5.41) is 12.3. The summed E-state index contributed by atoms with van der Waals surface area (Å²) < 4.78 is 5.74. The minimum Gasteiger partial charge on any atom is -0.492 e. The van der Waals surface area contributed by atoms with Gasteiger partial charge >= 0.3 is 0 Å². The summed E-state index contributed by atoms with van der Waals surface area (Å²) >= 11 is 1.64. The van der Waals surface area contributed by atoms with Crippen molar-refractivity contribution in [2.75, 3.05) is 25.0 Å². The Labute approximate surface area is 193 Å². The number of aromatic nitrogens is 1. The molecule has 0 radical (unpaired) electrons. The van der Waals surface area contributed by atoms with E-state index >= 15 is 0 Å². The zero-order chi connectivity index (χ0) is 20.4. The molecule has 3 N–H and O–H groups in total. The first kappa shape index (κ1) is 25.2. The maximum absolute atomic E-state index is 11.1. The highest BCUT2D eigenvalue weighted by Gasteiger charge is 2.06. The maximum atomic E-state index is 11.1. The lowest BCUT2D eigenvalue weighted by Crippen LogP contribution is -2.39. The molecule has 1 aromatic heterocycles. The van der Waals surface area contributed by atoms with Gasteiger partial charge in [-0.15, -0.1) is 35.3 Å². The fraction of sp³-hybridized carbons (Fsp3) is 0.450. The predicted octanol–water partition coefficient (Wildman–Crippen LogP) is 3.98. The molecular weight excluding hydrogens is 501 g/mol. The number of benzene rings is 1. The van der Waals surface area contributed by atoms with Crippen LogP contribution in [0.25, 0.3) is 0 Å². The van der Waals surface area contributed by atoms with Crippen molar-refractivity contribution in [3.8, 4) is 5.75 Å². The van der Waals surface area contributed by atoms with E-state index in [1.54, 1.807) is 17.4 Å². The molecule has 2 rings (SSSR count). The van der Waals surface area contributed by atoms with Crippen LogP contribution in [0.1, 0.15) is 44.3 Å². The number of aliphatic imine (C=N–C) groups is 1. The van der Waals surface area contributed by atoms with E-state index in [2.05, 4.69) is 45.2 Å². The molecule has 160 valence electrons. The number of carbonyl (C=O) groups excluding carboxylic acids is 1. The molecule has 0 unspecified atom stereocenters. The third-order valence-electron chi connectivity index (χ3n) is 3.70. The Kier molecular flexibility index (Phi) is 11.6. The Morgan fingerprint density at radius 3 is 2.76 bits per heavy atom. The van der Waals surface area contributed by atoms with Crippen LogP contribution in [-0.4, -0.2) is 36.5 Å². The van der Waals surface area contributed by atoms with E-state index in [-0.39, 0.29) is 29.9 Å². The van der Waals surface area contributed by atoms with Crippen LogP contribution in [0, 0.1) is 0 Å². The lowest BCUT2D eigenvalue weighted by atomic mass is 10.2. The second-order valence-electron chi connectivity index (χ2n) is 6.50. The fourth-order valence-electron chi connectivity index (χ4n) is 2.36. The van der Waals surface area contributed by atoms with Crippen molar-refractivity contribution in [1.29, 1.82) is 0 Å². The Morgan fingerprint density at radius 1 is 1.31 bits per heavy atom. The van der Waals surface area contributed by atoms with E-state index in [0.29, 0.717) is 31.4 Å². The Morgan fingerprint density at radius 2 is 2.10 bits per heavy atom. The Bertz CT molecular complexity index is 795. The highest BCUT2D eigenvalue weighted by atomic mass is 127. The molecule has 9 heteroatoms. The molecule has 0 saturated carbocycles. The number of thiazole rings is 1. The smallest absolute Gasteiger partial charge is 0.221 e. The molecule has 1 aromatic carbocycles. The first-order valence-corrected chi connectivity index (χ1v) is 10.3. The van der Waals surface area contributed by atoms with Gasteiger partial charge < -0.3 is 20.7 Å². The van der Waals surface area contributed by atoms with Crippen LogP contribution < -0.4 is 20.7 Å². The molecule has 0 fully saturated rings. The largest absolute Gasteiger partial charge is 0.492 e. The molecule has 1 amide bonds. The number of halogens is 1. The molecule has 0 aliphatic carbocycles. The Balaban J connectivity index is 0.00000420. The summed E-state index contributed by atoms with van der Waals surface area (Å²) in [5.41, 5.74) is 1.83. The number of carbonyl (C=O) groups is 1. The van der Waals surface area contributed by atoms with Gasteiger partial charge in [-0.1, -0.05) is 19.9 Å². The number of nitrogens with one attached hydrogen (secondary N) is 3. The van der Waals surface area contributed by atoms with Gasteiger partial charge in [-0.3, -0.25) is 4.79 Å². The number of amides is 1. The number of guanidine groups is 1. The number of rotatable bonds is 9. The third kappa shape index (κ3) is 9.44. The first-order valence-electron chi connectivity index (χ1n) is 9.44. The van der Waals surface area contributed by atoms with Gasteiger partial charge in [0.05, 0.1) is 18.8 Å². The van der Waals surface area contributed by atoms with Crippen molar-refractivity contribution in [1.82, 2.24) is 15.6 Å². The van der Waals surface area contributed by atoms with E-state index in [1.165, 1.54) is 6.92 Å². The van der Waals surface area contributed by atoms with Gasteiger partial charge in [0.1, 0.15) is 17.4 Å². The standard InChI is InChI=1S/C20H29N5O2S.HI/c1-5-21-20(23-12-19-25-18(13-28-19)14(2)3)22-9-10-27-17-8-6-7-16(11-17)24-15(4)26;/h6-8,11,13-14H,5,9-10,12H2,1-4H3,(H,24,26)(H2,21,22,23);1H. The second kappa shape index (κ2) is 13.4. The number of anilines is 1. The lowest BCUT2D eigenvalue weighted by molar-refractivity contribution is -0.114. The molecule has 0 aliphatic rings. The monoisotopic (exact) mass is 531 g/mol. The van der Waals surface area contributed by atoms with Crippen LogP contribution in [0.4, 0.5) is 5.69 Å². The zero-order valence-electron chi connectivity index (χ0n) is 17.3. The van der Waals surface area contributed by atoms with E-state index < -0.39 is 0 Å². The number of hydrogen-bond acceptors (Lipinski definition) is 5. The van der Waals surface area contributed by atoms with Crippen LogP contribution >= 0.6 is 35.3 Å². The van der Waals surface area contributed by atoms with Crippen LogP contribution in [0.5, 0.6) is 5.75 Å². The SMILES string of the molecule is CCNC(=NCc1nc(C(C)C)cs1)NCCOc1cccc(NC(C)=O)c1.I. The normalized spacial score (nSPS) is 11.0. The van der Waals surface area contributed by atoms with Crippen molar-refractivity contribution < 1.29 is 9.53 Å². The zero-order valence-corrected chi connectivity index (χ0v) is 20.5. The molecule has 0 saturated heterocycles. The molecule has 29 heavy (non-hydrogen) atoms. The number of nitrogens with zero attached hydrogens (tertiary/aromatic N) is 2. The average Bonchev–Trinajstić information content (AvgIpc) is 3.12. The molecule has 2 aromatic rings. The van der Waals surface area contributed by atoms with Gasteiger partial charge in [0.2, 0.25) is 5.91 Å². The molecular formula is C20H30IN5O2S. The van der Waals surface area contributed by atoms with Gasteiger partial charge in [0, 0.05) is 30.6 Å². The minimum absolute atomic E-state index is 0. The van der Waals surface area contributed by atoms with Crippen molar-refractivity contribution >= 4 is 52.9 Å². The predicted molar refractivity (Wildman–Crippen MR) is 131 cm³/mol. The lowest BCUT2D eigenvalue weighted by Gasteiger charge is -2.12. The van der Waals surface area contributed by atoms with Crippen LogP contribution in [0.2, 0.25) is 0 Å². The molecule has 7 nitrogen and oxygen atoms in total. The van der Waals surface area contributed by atoms with Crippen LogP contribution in [-0.2, 0) is 11.3 Å². The number of hydrogen-bond donors (Lipinski definition) is 3. The summed E-state index contributed by atoms with van der Waals surface area (Å²) in [6.45, 7) is 10.2. The van der Waals surface area contributed by atoms with E-state index in [1.807, 2.05) is 25.1 Å². The van der Waals surface area contributed by atoms with Crippen molar-refractivity contribution in [3.63, 3.8) is 0 Å². The van der Waals surface area contributed by atoms with Crippen LogP contribution in [0.15, 0.2) is 34.6 Å². The first-order chi connectivity index (χ1) is 13.5. The van der Waals surface area contributed by atoms with Crippen molar-refractivity contribution in [3.05, 3.63) is 40.3 Å². The highest BCUT2D eigenvalue weighted by Crippen LogP contribution is 2.18. The fourth-order valence-corrected chi connectivity index (χ4v) is 3.24. The summed E-state index contributed by atoms with van der Waals surface area (Å²) in [5.74, 6) is 1.77. The van der Waals surface area contributed by atoms with Gasteiger partial charge in [-0.25, -0.2) is 9.98 Å². The third-order valence-corrected chi connectivity index (χ3v) is 4.55. The van der Waals surface area contributed by atoms with Crippen LogP contribution in [0.3, 0.4) is 0 Å². The van der Waals surface area contributed by atoms with Crippen molar-refractivity contribution in [2.45, 2.75) is 40.2 Å². The molecule has 1 heterocycles. The molecule has 0 atom stereocenters. The van der Waals surface area contributed by atoms with E-state index in [9.17, 15) is 4.79 Å². The van der Waals surface area contributed by atoms with Gasteiger partial charge in [-0.2, -0.15) is 0 Å². The summed E-state index contributed by atoms with van der Waals surface area (Å²) in [6, 6.07) is 7.33. The highest BCUT2D eigenvalue weighted by molar-refractivity contribution is 14.0. The second-order valence-corrected chi connectivity index (χ2v) is 7.44. The summed E-state index contributed by atoms with van der Waals surface area (Å²) in [6.07, 6.45) is 0. The van der Waals surface area contributed by atoms with E-state index in [0.717, 1.165) is 28.9 Å². The summed E-state index contributed by atoms with van der Waals surface area (Å²) in [7, 11) is 0. The summed E-state index contributed by atoms with van der Waals surface area (Å²) in [4.78, 5) is 20.3. The van der Waals surface area contributed by atoms with Gasteiger partial charge in [-0.05, 0) is 25.0 Å². The molecule has 0 bridgehead atoms. The molecule has 0 spiro atoms. The van der Waals surface area contributed by atoms with Crippen molar-refractivity contribution in [2.24, 2.45) is 4.99 Å². The number of ether oxygens (including phenoxy) is 1. The quantitative estimate of drug-likeness (QED) is 0.197.